The standard InChI is InChI=1S/C21H17N5/c1-14-24-21-19(13-23-15(2)26(21)25-14)11-16-7-9-17(10-8-16)20-6-4-3-5-18(20)12-22/h3-10,13H,11H2,1-2H3. The summed E-state index contributed by atoms with van der Waals surface area (Å²) in [6, 6.07) is 18.2. The van der Waals surface area contributed by atoms with E-state index in [0.717, 1.165) is 46.0 Å². The first-order valence-electron chi connectivity index (χ1n) is 8.42. The summed E-state index contributed by atoms with van der Waals surface area (Å²) in [6.45, 7) is 3.81. The molecule has 4 rings (SSSR count). The van der Waals surface area contributed by atoms with E-state index in [0.29, 0.717) is 5.56 Å². The minimum absolute atomic E-state index is 0.684. The van der Waals surface area contributed by atoms with Gasteiger partial charge in [0.05, 0.1) is 11.6 Å². The highest BCUT2D eigenvalue weighted by Gasteiger charge is 2.10. The van der Waals surface area contributed by atoms with E-state index in [1.54, 1.807) is 4.52 Å². The fourth-order valence-electron chi connectivity index (χ4n) is 3.11. The van der Waals surface area contributed by atoms with Crippen LogP contribution in [-0.4, -0.2) is 19.6 Å². The summed E-state index contributed by atoms with van der Waals surface area (Å²) in [7, 11) is 0. The summed E-state index contributed by atoms with van der Waals surface area (Å²) in [5.41, 5.74) is 5.74. The zero-order valence-corrected chi connectivity index (χ0v) is 14.6. The van der Waals surface area contributed by atoms with Crippen molar-refractivity contribution in [2.75, 3.05) is 0 Å². The molecule has 0 saturated heterocycles. The van der Waals surface area contributed by atoms with Gasteiger partial charge in [-0.15, -0.1) is 5.10 Å². The van der Waals surface area contributed by atoms with Crippen molar-refractivity contribution in [2.24, 2.45) is 0 Å². The van der Waals surface area contributed by atoms with Crippen LogP contribution in [-0.2, 0) is 6.42 Å². The molecule has 0 N–H and O–H groups in total. The van der Waals surface area contributed by atoms with Crippen LogP contribution >= 0.6 is 0 Å². The monoisotopic (exact) mass is 339 g/mol. The SMILES string of the molecule is Cc1nc2c(Cc3ccc(-c4ccccc4C#N)cc3)cnc(C)n2n1. The maximum Gasteiger partial charge on any atom is 0.162 e. The molecule has 0 fully saturated rings. The Morgan fingerprint density at radius 2 is 1.81 bits per heavy atom. The number of fused-ring (bicyclic) bond motifs is 1. The molecule has 0 radical (unpaired) electrons. The van der Waals surface area contributed by atoms with Gasteiger partial charge >= 0.3 is 0 Å². The largest absolute Gasteiger partial charge is 0.241 e. The van der Waals surface area contributed by atoms with E-state index in [-0.39, 0.29) is 0 Å². The normalized spacial score (nSPS) is 10.8. The number of hydrogen-bond acceptors (Lipinski definition) is 4. The number of rotatable bonds is 3. The maximum atomic E-state index is 9.28. The fraction of sp³-hybridized carbons (Fsp3) is 0.143. The van der Waals surface area contributed by atoms with Gasteiger partial charge in [0.15, 0.2) is 5.65 Å². The van der Waals surface area contributed by atoms with Crippen LogP contribution in [0.25, 0.3) is 16.8 Å². The molecule has 0 bridgehead atoms. The predicted octanol–water partition coefficient (Wildman–Crippen LogP) is 3.87. The molecular weight excluding hydrogens is 322 g/mol. The third kappa shape index (κ3) is 2.82. The van der Waals surface area contributed by atoms with E-state index in [1.807, 2.05) is 44.3 Å². The molecular formula is C21H17N5. The average Bonchev–Trinajstić information content (AvgIpc) is 3.07. The van der Waals surface area contributed by atoms with Crippen molar-refractivity contribution < 1.29 is 0 Å². The predicted molar refractivity (Wildman–Crippen MR) is 99.7 cm³/mol. The topological polar surface area (TPSA) is 66.9 Å². The van der Waals surface area contributed by atoms with Crippen LogP contribution in [0.1, 0.15) is 28.3 Å². The van der Waals surface area contributed by atoms with Crippen LogP contribution < -0.4 is 0 Å². The third-order valence-corrected chi connectivity index (χ3v) is 4.42. The van der Waals surface area contributed by atoms with E-state index < -0.39 is 0 Å². The molecule has 0 aliphatic carbocycles. The van der Waals surface area contributed by atoms with Gasteiger partial charge in [0, 0.05) is 18.2 Å². The van der Waals surface area contributed by atoms with Gasteiger partial charge in [0.1, 0.15) is 11.6 Å². The number of nitriles is 1. The highest BCUT2D eigenvalue weighted by atomic mass is 15.3. The van der Waals surface area contributed by atoms with E-state index in [9.17, 15) is 5.26 Å². The summed E-state index contributed by atoms with van der Waals surface area (Å²) in [6.07, 6.45) is 2.60. The first-order valence-corrected chi connectivity index (χ1v) is 8.42. The molecule has 26 heavy (non-hydrogen) atoms. The van der Waals surface area contributed by atoms with Crippen LogP contribution in [0.3, 0.4) is 0 Å². The Morgan fingerprint density at radius 1 is 1.04 bits per heavy atom. The zero-order valence-electron chi connectivity index (χ0n) is 14.6. The second kappa shape index (κ2) is 6.41. The van der Waals surface area contributed by atoms with E-state index in [4.69, 9.17) is 0 Å². The molecule has 0 saturated carbocycles. The van der Waals surface area contributed by atoms with Gasteiger partial charge in [-0.3, -0.25) is 0 Å². The van der Waals surface area contributed by atoms with Crippen LogP contribution in [0, 0.1) is 25.2 Å². The molecule has 2 aromatic carbocycles. The minimum Gasteiger partial charge on any atom is -0.241 e. The summed E-state index contributed by atoms with van der Waals surface area (Å²) >= 11 is 0. The van der Waals surface area contributed by atoms with Gasteiger partial charge < -0.3 is 0 Å². The van der Waals surface area contributed by atoms with Crippen molar-refractivity contribution in [3.05, 3.63) is 83.1 Å². The van der Waals surface area contributed by atoms with E-state index in [2.05, 4.69) is 45.4 Å². The maximum absolute atomic E-state index is 9.28. The highest BCUT2D eigenvalue weighted by molar-refractivity contribution is 5.70. The van der Waals surface area contributed by atoms with Crippen molar-refractivity contribution in [3.63, 3.8) is 0 Å². The number of aryl methyl sites for hydroxylation is 2. The lowest BCUT2D eigenvalue weighted by molar-refractivity contribution is 0.839. The Labute approximate surface area is 151 Å². The Balaban J connectivity index is 1.67. The molecule has 5 nitrogen and oxygen atoms in total. The average molecular weight is 339 g/mol. The Morgan fingerprint density at radius 3 is 2.58 bits per heavy atom. The van der Waals surface area contributed by atoms with Crippen molar-refractivity contribution in [1.29, 1.82) is 5.26 Å². The van der Waals surface area contributed by atoms with Crippen LogP contribution in [0.15, 0.2) is 54.7 Å². The van der Waals surface area contributed by atoms with Crippen LogP contribution in [0.5, 0.6) is 0 Å². The highest BCUT2D eigenvalue weighted by Crippen LogP contribution is 2.24. The van der Waals surface area contributed by atoms with Crippen LogP contribution in [0.4, 0.5) is 0 Å². The Kier molecular flexibility index (Phi) is 3.94. The number of nitrogens with zero attached hydrogens (tertiary/aromatic N) is 5. The van der Waals surface area contributed by atoms with Gasteiger partial charge in [-0.1, -0.05) is 42.5 Å². The first kappa shape index (κ1) is 16.0. The molecule has 2 heterocycles. The van der Waals surface area contributed by atoms with Crippen molar-refractivity contribution >= 4 is 5.65 Å². The Bertz CT molecular complexity index is 1130. The quantitative estimate of drug-likeness (QED) is 0.568. The van der Waals surface area contributed by atoms with Crippen molar-refractivity contribution in [2.45, 2.75) is 20.3 Å². The first-order chi connectivity index (χ1) is 12.7. The third-order valence-electron chi connectivity index (χ3n) is 4.42. The van der Waals surface area contributed by atoms with E-state index in [1.165, 1.54) is 0 Å². The fourth-order valence-corrected chi connectivity index (χ4v) is 3.11. The van der Waals surface area contributed by atoms with Gasteiger partial charge in [-0.2, -0.15) is 9.78 Å². The zero-order chi connectivity index (χ0) is 18.1. The van der Waals surface area contributed by atoms with Crippen molar-refractivity contribution in [1.82, 2.24) is 19.6 Å². The molecule has 0 amide bonds. The molecule has 126 valence electrons. The van der Waals surface area contributed by atoms with Gasteiger partial charge in [-0.05, 0) is 36.6 Å². The molecule has 5 heteroatoms. The minimum atomic E-state index is 0.684. The summed E-state index contributed by atoms with van der Waals surface area (Å²) in [5.74, 6) is 1.57. The molecule has 0 aliphatic heterocycles. The molecule has 0 unspecified atom stereocenters. The second-order valence-corrected chi connectivity index (χ2v) is 6.26. The molecule has 0 atom stereocenters. The number of benzene rings is 2. The Hall–Kier alpha value is -3.52. The summed E-state index contributed by atoms with van der Waals surface area (Å²) in [5, 5.41) is 13.7. The molecule has 0 aliphatic rings. The lowest BCUT2D eigenvalue weighted by atomic mass is 9.98. The molecule has 0 spiro atoms. The van der Waals surface area contributed by atoms with Gasteiger partial charge in [0.25, 0.3) is 0 Å². The van der Waals surface area contributed by atoms with Gasteiger partial charge in [-0.25, -0.2) is 9.97 Å². The van der Waals surface area contributed by atoms with Gasteiger partial charge in [0.2, 0.25) is 0 Å². The number of hydrogen-bond donors (Lipinski definition) is 0. The van der Waals surface area contributed by atoms with Crippen molar-refractivity contribution in [3.8, 4) is 17.2 Å². The lowest BCUT2D eigenvalue weighted by Crippen LogP contribution is -2.01. The number of aromatic nitrogens is 4. The smallest absolute Gasteiger partial charge is 0.162 e. The van der Waals surface area contributed by atoms with Crippen LogP contribution in [0.2, 0.25) is 0 Å². The summed E-state index contributed by atoms with van der Waals surface area (Å²) in [4.78, 5) is 8.96. The molecule has 2 aromatic heterocycles. The second-order valence-electron chi connectivity index (χ2n) is 6.26. The van der Waals surface area contributed by atoms with E-state index >= 15 is 0 Å². The lowest BCUT2D eigenvalue weighted by Gasteiger charge is -2.07. The molecule has 4 aromatic rings. The summed E-state index contributed by atoms with van der Waals surface area (Å²) < 4.78 is 1.79.